The van der Waals surface area contributed by atoms with Crippen molar-refractivity contribution in [2.75, 3.05) is 13.7 Å². The lowest BCUT2D eigenvalue weighted by Crippen LogP contribution is -2.43. The number of likely N-dealkylation sites (tertiary alicyclic amines) is 1. The van der Waals surface area contributed by atoms with Crippen LogP contribution in [0.25, 0.3) is 0 Å². The van der Waals surface area contributed by atoms with Gasteiger partial charge in [-0.1, -0.05) is 6.42 Å². The first-order valence-corrected chi connectivity index (χ1v) is 7.56. The van der Waals surface area contributed by atoms with Gasteiger partial charge in [0, 0.05) is 19.1 Å². The highest BCUT2D eigenvalue weighted by Gasteiger charge is 2.35. The van der Waals surface area contributed by atoms with E-state index in [1.165, 1.54) is 12.8 Å². The first-order valence-electron chi connectivity index (χ1n) is 7.56. The minimum atomic E-state index is 0.136. The molecular weight excluding hydrogens is 252 g/mol. The van der Waals surface area contributed by atoms with E-state index in [-0.39, 0.29) is 12.1 Å². The van der Waals surface area contributed by atoms with Crippen molar-refractivity contribution in [3.63, 3.8) is 0 Å². The van der Waals surface area contributed by atoms with Crippen LogP contribution in [-0.4, -0.2) is 40.4 Å². The SMILES string of the molecule is COc1c(C2C(N)CCCCN2C(C)C)c(C)nn1C. The maximum Gasteiger partial charge on any atom is 0.216 e. The van der Waals surface area contributed by atoms with Gasteiger partial charge in [0.1, 0.15) is 0 Å². The van der Waals surface area contributed by atoms with E-state index >= 15 is 0 Å². The fourth-order valence-electron chi connectivity index (χ4n) is 3.41. The molecule has 2 unspecified atom stereocenters. The van der Waals surface area contributed by atoms with Gasteiger partial charge in [-0.05, 0) is 40.2 Å². The van der Waals surface area contributed by atoms with Gasteiger partial charge in [0.2, 0.25) is 5.88 Å². The number of ether oxygens (including phenoxy) is 1. The summed E-state index contributed by atoms with van der Waals surface area (Å²) in [5.41, 5.74) is 8.70. The predicted octanol–water partition coefficient (Wildman–Crippen LogP) is 2.00. The van der Waals surface area contributed by atoms with Crippen molar-refractivity contribution < 1.29 is 4.74 Å². The number of aryl methyl sites for hydroxylation is 2. The van der Waals surface area contributed by atoms with Crippen molar-refractivity contribution in [2.45, 2.75) is 58.2 Å². The minimum Gasteiger partial charge on any atom is -0.481 e. The summed E-state index contributed by atoms with van der Waals surface area (Å²) in [5, 5.41) is 4.53. The molecule has 114 valence electrons. The third-order valence-electron chi connectivity index (χ3n) is 4.33. The van der Waals surface area contributed by atoms with Gasteiger partial charge in [-0.25, -0.2) is 4.68 Å². The Morgan fingerprint density at radius 2 is 2.05 bits per heavy atom. The third-order valence-corrected chi connectivity index (χ3v) is 4.33. The zero-order chi connectivity index (χ0) is 14.9. The Hall–Kier alpha value is -1.07. The maximum absolute atomic E-state index is 6.51. The molecule has 1 aliphatic rings. The Morgan fingerprint density at radius 3 is 2.65 bits per heavy atom. The second kappa shape index (κ2) is 6.14. The van der Waals surface area contributed by atoms with Crippen LogP contribution in [0.3, 0.4) is 0 Å². The van der Waals surface area contributed by atoms with E-state index in [1.54, 1.807) is 7.11 Å². The van der Waals surface area contributed by atoms with Crippen LogP contribution >= 0.6 is 0 Å². The highest BCUT2D eigenvalue weighted by Crippen LogP contribution is 2.37. The quantitative estimate of drug-likeness (QED) is 0.920. The molecule has 5 nitrogen and oxygen atoms in total. The Balaban J connectivity index is 2.49. The van der Waals surface area contributed by atoms with Gasteiger partial charge >= 0.3 is 0 Å². The van der Waals surface area contributed by atoms with Crippen LogP contribution in [0, 0.1) is 6.92 Å². The minimum absolute atomic E-state index is 0.136. The molecule has 0 saturated carbocycles. The van der Waals surface area contributed by atoms with Crippen LogP contribution in [0.4, 0.5) is 0 Å². The summed E-state index contributed by atoms with van der Waals surface area (Å²) in [7, 11) is 3.64. The van der Waals surface area contributed by atoms with E-state index in [0.29, 0.717) is 6.04 Å². The van der Waals surface area contributed by atoms with Crippen molar-refractivity contribution in [3.05, 3.63) is 11.3 Å². The molecular formula is C15H28N4O. The van der Waals surface area contributed by atoms with E-state index in [4.69, 9.17) is 10.5 Å². The monoisotopic (exact) mass is 280 g/mol. The molecule has 2 rings (SSSR count). The topological polar surface area (TPSA) is 56.3 Å². The van der Waals surface area contributed by atoms with Crippen LogP contribution < -0.4 is 10.5 Å². The summed E-state index contributed by atoms with van der Waals surface area (Å²) in [5.74, 6) is 0.843. The van der Waals surface area contributed by atoms with Crippen molar-refractivity contribution in [3.8, 4) is 5.88 Å². The van der Waals surface area contributed by atoms with Crippen molar-refractivity contribution in [1.29, 1.82) is 0 Å². The first kappa shape index (κ1) is 15.3. The van der Waals surface area contributed by atoms with Crippen LogP contribution in [0.2, 0.25) is 0 Å². The Labute approximate surface area is 122 Å². The van der Waals surface area contributed by atoms with Gasteiger partial charge in [-0.3, -0.25) is 4.90 Å². The summed E-state index contributed by atoms with van der Waals surface area (Å²) < 4.78 is 7.41. The highest BCUT2D eigenvalue weighted by molar-refractivity contribution is 5.35. The van der Waals surface area contributed by atoms with Gasteiger partial charge in [-0.2, -0.15) is 5.10 Å². The van der Waals surface area contributed by atoms with Crippen molar-refractivity contribution in [2.24, 2.45) is 12.8 Å². The van der Waals surface area contributed by atoms with E-state index in [0.717, 1.165) is 30.1 Å². The molecule has 2 heterocycles. The van der Waals surface area contributed by atoms with Gasteiger partial charge in [0.05, 0.1) is 24.4 Å². The predicted molar refractivity (Wildman–Crippen MR) is 80.9 cm³/mol. The lowest BCUT2D eigenvalue weighted by atomic mass is 9.95. The smallest absolute Gasteiger partial charge is 0.216 e. The molecule has 2 atom stereocenters. The standard InChI is InChI=1S/C15H28N4O/c1-10(2)19-9-7-6-8-12(16)14(19)13-11(3)17-18(4)15(13)20-5/h10,12,14H,6-9,16H2,1-5H3. The number of rotatable bonds is 3. The fraction of sp³-hybridized carbons (Fsp3) is 0.800. The van der Waals surface area contributed by atoms with E-state index in [1.807, 2.05) is 18.7 Å². The van der Waals surface area contributed by atoms with E-state index in [9.17, 15) is 0 Å². The second-order valence-electron chi connectivity index (χ2n) is 6.07. The van der Waals surface area contributed by atoms with Gasteiger partial charge in [0.25, 0.3) is 0 Å². The average molecular weight is 280 g/mol. The lowest BCUT2D eigenvalue weighted by Gasteiger charge is -2.36. The highest BCUT2D eigenvalue weighted by atomic mass is 16.5. The molecule has 0 aromatic carbocycles. The van der Waals surface area contributed by atoms with Crippen molar-refractivity contribution >= 4 is 0 Å². The van der Waals surface area contributed by atoms with Crippen LogP contribution in [-0.2, 0) is 7.05 Å². The molecule has 1 fully saturated rings. The van der Waals surface area contributed by atoms with Crippen LogP contribution in [0.15, 0.2) is 0 Å². The number of aromatic nitrogens is 2. The first-order chi connectivity index (χ1) is 9.47. The van der Waals surface area contributed by atoms with Gasteiger partial charge in [0.15, 0.2) is 0 Å². The Morgan fingerprint density at radius 1 is 1.35 bits per heavy atom. The molecule has 1 saturated heterocycles. The number of hydrogen-bond donors (Lipinski definition) is 1. The summed E-state index contributed by atoms with van der Waals surface area (Å²) in [6, 6.07) is 0.798. The largest absolute Gasteiger partial charge is 0.481 e. The summed E-state index contributed by atoms with van der Waals surface area (Å²) in [4.78, 5) is 2.50. The lowest BCUT2D eigenvalue weighted by molar-refractivity contribution is 0.140. The Kier molecular flexibility index (Phi) is 4.70. The fourth-order valence-corrected chi connectivity index (χ4v) is 3.41. The normalized spacial score (nSPS) is 24.9. The molecule has 0 spiro atoms. The zero-order valence-corrected chi connectivity index (χ0v) is 13.4. The molecule has 1 aromatic heterocycles. The molecule has 5 heteroatoms. The summed E-state index contributed by atoms with van der Waals surface area (Å²) in [6.07, 6.45) is 3.47. The summed E-state index contributed by atoms with van der Waals surface area (Å²) >= 11 is 0. The molecule has 0 radical (unpaired) electrons. The number of nitrogens with two attached hydrogens (primary N) is 1. The molecule has 0 aliphatic carbocycles. The Bertz CT molecular complexity index is 455. The van der Waals surface area contributed by atoms with E-state index in [2.05, 4.69) is 23.8 Å². The number of hydrogen-bond acceptors (Lipinski definition) is 4. The molecule has 1 aliphatic heterocycles. The van der Waals surface area contributed by atoms with Gasteiger partial charge < -0.3 is 10.5 Å². The van der Waals surface area contributed by atoms with Crippen LogP contribution in [0.5, 0.6) is 5.88 Å². The van der Waals surface area contributed by atoms with Crippen LogP contribution in [0.1, 0.15) is 50.4 Å². The van der Waals surface area contributed by atoms with E-state index < -0.39 is 0 Å². The molecule has 20 heavy (non-hydrogen) atoms. The third kappa shape index (κ3) is 2.69. The number of nitrogens with zero attached hydrogens (tertiary/aromatic N) is 3. The molecule has 1 aromatic rings. The molecule has 0 amide bonds. The maximum atomic E-state index is 6.51. The van der Waals surface area contributed by atoms with Gasteiger partial charge in [-0.15, -0.1) is 0 Å². The average Bonchev–Trinajstić information content (AvgIpc) is 2.55. The number of methoxy groups -OCH3 is 1. The molecule has 0 bridgehead atoms. The molecule has 2 N–H and O–H groups in total. The van der Waals surface area contributed by atoms with Crippen molar-refractivity contribution in [1.82, 2.24) is 14.7 Å². The summed E-state index contributed by atoms with van der Waals surface area (Å²) in [6.45, 7) is 7.62. The second-order valence-corrected chi connectivity index (χ2v) is 6.07. The zero-order valence-electron chi connectivity index (χ0n) is 13.4.